The van der Waals surface area contributed by atoms with Gasteiger partial charge < -0.3 is 38.8 Å². The molecule has 0 atom stereocenters. The van der Waals surface area contributed by atoms with Crippen molar-refractivity contribution in [2.75, 3.05) is 31.5 Å². The molecule has 4 rings (SSSR count). The van der Waals surface area contributed by atoms with E-state index in [1.54, 1.807) is 100 Å². The summed E-state index contributed by atoms with van der Waals surface area (Å²) in [6.45, 7) is 20.2. The van der Waals surface area contributed by atoms with Crippen LogP contribution in [-0.4, -0.2) is 107 Å². The van der Waals surface area contributed by atoms with Crippen molar-refractivity contribution in [3.63, 3.8) is 0 Å². The van der Waals surface area contributed by atoms with Gasteiger partial charge in [-0.15, -0.1) is 23.2 Å². The van der Waals surface area contributed by atoms with Gasteiger partial charge >= 0.3 is 30.7 Å². The standard InChI is InChI=1S/C46H59F4N7O10/c1-42(2,3)64-38(59)52-36(53-39(60)65-43(4,5)6)56-21-17-27(18-22-56)31-15-13-29(25-33(31)47)35(58)51-30-14-16-32(34(26-30)63-46(48,49)50)28-19-23-57(24-20-28)37(54-40(61)66-44(7,8)9)55-41(62)67-45(10,11)12/h13-17,19,25-26H,18,20-24H2,1-12H3,(H,51,58)(H,52,53,59,60)(H,54,55,61,62). The minimum atomic E-state index is -5.12. The van der Waals surface area contributed by atoms with E-state index >= 15 is 4.39 Å². The average molecular weight is 946 g/mol. The minimum Gasteiger partial charge on any atom is -0.444 e. The van der Waals surface area contributed by atoms with E-state index in [-0.39, 0.29) is 73.3 Å². The van der Waals surface area contributed by atoms with Crippen molar-refractivity contribution < 1.29 is 65.2 Å². The third-order valence-electron chi connectivity index (χ3n) is 8.81. The van der Waals surface area contributed by atoms with E-state index in [0.717, 1.165) is 12.1 Å². The van der Waals surface area contributed by atoms with Gasteiger partial charge in [0.2, 0.25) is 11.9 Å². The molecule has 21 heteroatoms. The van der Waals surface area contributed by atoms with Gasteiger partial charge in [-0.25, -0.2) is 23.6 Å². The maximum absolute atomic E-state index is 15.7. The van der Waals surface area contributed by atoms with Crippen LogP contribution in [0.25, 0.3) is 11.1 Å². The zero-order valence-electron chi connectivity index (χ0n) is 39.7. The molecule has 0 bridgehead atoms. The number of halogens is 4. The molecule has 0 spiro atoms. The van der Waals surface area contributed by atoms with Crippen LogP contribution in [0.4, 0.5) is 42.4 Å². The number of rotatable bonds is 5. The third kappa shape index (κ3) is 17.9. The number of hydrogen-bond acceptors (Lipinski definition) is 10. The van der Waals surface area contributed by atoms with E-state index in [1.165, 1.54) is 29.2 Å². The molecular formula is C46H59F4N7O10. The van der Waals surface area contributed by atoms with E-state index in [9.17, 15) is 37.1 Å². The Morgan fingerprint density at radius 1 is 0.597 bits per heavy atom. The van der Waals surface area contributed by atoms with Crippen LogP contribution in [0.2, 0.25) is 0 Å². The zero-order valence-corrected chi connectivity index (χ0v) is 39.7. The molecule has 3 N–H and O–H groups in total. The predicted octanol–water partition coefficient (Wildman–Crippen LogP) is 9.79. The molecule has 2 aromatic rings. The maximum Gasteiger partial charge on any atom is 0.573 e. The van der Waals surface area contributed by atoms with Crippen molar-refractivity contribution in [2.45, 2.75) is 125 Å². The van der Waals surface area contributed by atoms with E-state index in [2.05, 4.69) is 30.7 Å². The molecule has 5 amide bonds. The molecule has 0 aromatic heterocycles. The van der Waals surface area contributed by atoms with Crippen LogP contribution in [0.1, 0.15) is 117 Å². The summed E-state index contributed by atoms with van der Waals surface area (Å²) in [5.74, 6) is -2.52. The second-order valence-corrected chi connectivity index (χ2v) is 19.3. The van der Waals surface area contributed by atoms with Crippen LogP contribution >= 0.6 is 0 Å². The summed E-state index contributed by atoms with van der Waals surface area (Å²) in [6, 6.07) is 7.45. The molecule has 0 fully saturated rings. The normalized spacial score (nSPS) is 15.4. The number of aliphatic imine (C=N–C) groups is 2. The monoisotopic (exact) mass is 945 g/mol. The number of hydrogen-bond donors (Lipinski definition) is 3. The fourth-order valence-corrected chi connectivity index (χ4v) is 6.29. The molecule has 0 saturated carbocycles. The number of nitrogens with one attached hydrogen (secondary N) is 3. The quantitative estimate of drug-likeness (QED) is 0.111. The Labute approximate surface area is 387 Å². The summed E-state index contributed by atoms with van der Waals surface area (Å²) in [5, 5.41) is 7.45. The zero-order chi connectivity index (χ0) is 50.3. The van der Waals surface area contributed by atoms with Crippen LogP contribution < -0.4 is 20.7 Å². The number of carbonyl (C=O) groups is 5. The number of alkyl halides is 3. The number of anilines is 1. The van der Waals surface area contributed by atoms with Crippen molar-refractivity contribution in [1.82, 2.24) is 20.4 Å². The SMILES string of the molecule is CC(C)(C)OC(=O)N=C(NC(=O)OC(C)(C)C)N1CC=C(c2ccc(C(=O)Nc3ccc(C4=CCN(C(=NC(=O)OC(C)(C)C)NC(=O)OC(C)(C)C)CC4)c(OC(F)(F)F)c3)cc2F)CC1. The van der Waals surface area contributed by atoms with Crippen LogP contribution in [0, 0.1) is 5.82 Å². The lowest BCUT2D eigenvalue weighted by Gasteiger charge is -2.30. The topological polar surface area (TPSA) is 199 Å². The number of alkyl carbamates (subject to hydrolysis) is 2. The van der Waals surface area contributed by atoms with Gasteiger partial charge in [0, 0.05) is 54.6 Å². The van der Waals surface area contributed by atoms with Crippen LogP contribution in [0.15, 0.2) is 58.5 Å². The van der Waals surface area contributed by atoms with Gasteiger partial charge in [-0.3, -0.25) is 15.4 Å². The van der Waals surface area contributed by atoms with E-state index in [4.69, 9.17) is 18.9 Å². The highest BCUT2D eigenvalue weighted by atomic mass is 19.4. The van der Waals surface area contributed by atoms with Gasteiger partial charge in [0.15, 0.2) is 0 Å². The Balaban J connectivity index is 1.52. The van der Waals surface area contributed by atoms with Crippen molar-refractivity contribution in [3.05, 3.63) is 71.1 Å². The highest BCUT2D eigenvalue weighted by Crippen LogP contribution is 2.36. The molecule has 0 unspecified atom stereocenters. The molecule has 67 heavy (non-hydrogen) atoms. The minimum absolute atomic E-state index is 0.0118. The first-order chi connectivity index (χ1) is 30.7. The molecule has 0 saturated heterocycles. The summed E-state index contributed by atoms with van der Waals surface area (Å²) >= 11 is 0. The van der Waals surface area contributed by atoms with Crippen molar-refractivity contribution >= 4 is 59.0 Å². The molecule has 2 aliphatic heterocycles. The maximum atomic E-state index is 15.7. The Hall–Kier alpha value is -6.67. The highest BCUT2D eigenvalue weighted by molar-refractivity contribution is 6.05. The lowest BCUT2D eigenvalue weighted by molar-refractivity contribution is -0.274. The Bertz CT molecular complexity index is 2330. The number of benzene rings is 2. The van der Waals surface area contributed by atoms with Gasteiger partial charge in [0.25, 0.3) is 5.91 Å². The molecule has 2 aromatic carbocycles. The molecule has 2 aliphatic rings. The second kappa shape index (κ2) is 20.9. The number of ether oxygens (including phenoxy) is 5. The fraction of sp³-hybridized carbons (Fsp3) is 0.500. The smallest absolute Gasteiger partial charge is 0.444 e. The van der Waals surface area contributed by atoms with E-state index in [1.807, 2.05) is 0 Å². The first-order valence-electron chi connectivity index (χ1n) is 21.3. The van der Waals surface area contributed by atoms with Crippen LogP contribution in [-0.2, 0) is 18.9 Å². The number of amides is 5. The first-order valence-corrected chi connectivity index (χ1v) is 21.3. The summed E-state index contributed by atoms with van der Waals surface area (Å²) in [4.78, 5) is 74.8. The fourth-order valence-electron chi connectivity index (χ4n) is 6.29. The molecular weight excluding hydrogens is 887 g/mol. The third-order valence-corrected chi connectivity index (χ3v) is 8.81. The van der Waals surface area contributed by atoms with Gasteiger partial charge in [-0.2, -0.15) is 0 Å². The van der Waals surface area contributed by atoms with Crippen LogP contribution in [0.5, 0.6) is 5.75 Å². The van der Waals surface area contributed by atoms with Gasteiger partial charge in [-0.05, 0) is 131 Å². The van der Waals surface area contributed by atoms with Gasteiger partial charge in [0.1, 0.15) is 34.0 Å². The molecule has 0 aliphatic carbocycles. The Kier molecular flexibility index (Phi) is 16.5. The Morgan fingerprint density at radius 3 is 1.42 bits per heavy atom. The molecule has 0 radical (unpaired) electrons. The molecule has 366 valence electrons. The van der Waals surface area contributed by atoms with Gasteiger partial charge in [0.05, 0.1) is 0 Å². The van der Waals surface area contributed by atoms with Crippen molar-refractivity contribution in [3.8, 4) is 5.75 Å². The summed E-state index contributed by atoms with van der Waals surface area (Å²) in [7, 11) is 0. The van der Waals surface area contributed by atoms with Crippen molar-refractivity contribution in [2.24, 2.45) is 9.98 Å². The van der Waals surface area contributed by atoms with E-state index < -0.39 is 70.6 Å². The number of nitrogens with zero attached hydrogens (tertiary/aromatic N) is 4. The largest absolute Gasteiger partial charge is 0.573 e. The number of carbonyl (C=O) groups excluding carboxylic acids is 5. The van der Waals surface area contributed by atoms with Crippen LogP contribution in [0.3, 0.4) is 0 Å². The van der Waals surface area contributed by atoms with E-state index in [0.29, 0.717) is 11.1 Å². The second-order valence-electron chi connectivity index (χ2n) is 19.3. The lowest BCUT2D eigenvalue weighted by atomic mass is 9.97. The molecule has 2 heterocycles. The lowest BCUT2D eigenvalue weighted by Crippen LogP contribution is -2.48. The van der Waals surface area contributed by atoms with Gasteiger partial charge in [-0.1, -0.05) is 18.2 Å². The predicted molar refractivity (Wildman–Crippen MR) is 242 cm³/mol. The molecule has 17 nitrogen and oxygen atoms in total. The summed E-state index contributed by atoms with van der Waals surface area (Å²) in [6.07, 6.45) is -5.22. The summed E-state index contributed by atoms with van der Waals surface area (Å²) < 4.78 is 82.6. The average Bonchev–Trinajstić information content (AvgIpc) is 3.14. The Morgan fingerprint density at radius 2 is 1.03 bits per heavy atom. The highest BCUT2D eigenvalue weighted by Gasteiger charge is 2.34. The van der Waals surface area contributed by atoms with Crippen molar-refractivity contribution in [1.29, 1.82) is 0 Å². The first kappa shape index (κ1) is 52.9. The number of guanidine groups is 2. The summed E-state index contributed by atoms with van der Waals surface area (Å²) in [5.41, 5.74) is -2.47.